The lowest BCUT2D eigenvalue weighted by Gasteiger charge is -2.38. The number of hydrogen-bond donors (Lipinski definition) is 1. The number of carbonyl (C=O) groups is 2. The van der Waals surface area contributed by atoms with Crippen molar-refractivity contribution in [2.75, 3.05) is 24.5 Å². The SMILES string of the molecule is NC(=O)c1ccnc(N2CCC[C@H](N3CCCC3=O)C2)c1. The summed E-state index contributed by atoms with van der Waals surface area (Å²) < 4.78 is 0. The molecule has 0 aliphatic carbocycles. The lowest BCUT2D eigenvalue weighted by Crippen LogP contribution is -2.48. The van der Waals surface area contributed by atoms with Gasteiger partial charge in [0.15, 0.2) is 0 Å². The van der Waals surface area contributed by atoms with Crippen LogP contribution in [0.4, 0.5) is 5.82 Å². The molecule has 2 fully saturated rings. The number of likely N-dealkylation sites (tertiary alicyclic amines) is 1. The van der Waals surface area contributed by atoms with Crippen molar-refractivity contribution in [3.8, 4) is 0 Å². The number of primary amides is 1. The van der Waals surface area contributed by atoms with E-state index in [9.17, 15) is 9.59 Å². The number of hydrogen-bond acceptors (Lipinski definition) is 4. The van der Waals surface area contributed by atoms with Crippen LogP contribution in [0.3, 0.4) is 0 Å². The van der Waals surface area contributed by atoms with E-state index >= 15 is 0 Å². The standard InChI is InChI=1S/C15H20N4O2/c16-15(21)11-5-6-17-13(9-11)18-7-1-3-12(10-18)19-8-2-4-14(19)20/h5-6,9,12H,1-4,7-8,10H2,(H2,16,21)/t12-/m0/s1. The van der Waals surface area contributed by atoms with Crippen molar-refractivity contribution in [1.29, 1.82) is 0 Å². The summed E-state index contributed by atoms with van der Waals surface area (Å²) in [7, 11) is 0. The molecule has 6 heteroatoms. The van der Waals surface area contributed by atoms with E-state index in [-0.39, 0.29) is 11.9 Å². The average molecular weight is 288 g/mol. The number of piperidine rings is 1. The van der Waals surface area contributed by atoms with Crippen molar-refractivity contribution in [3.05, 3.63) is 23.9 Å². The Hall–Kier alpha value is -2.11. The Kier molecular flexibility index (Phi) is 3.77. The summed E-state index contributed by atoms with van der Waals surface area (Å²) in [6.07, 6.45) is 5.31. The summed E-state index contributed by atoms with van der Waals surface area (Å²) in [5, 5.41) is 0. The second kappa shape index (κ2) is 5.71. The molecule has 1 aromatic heterocycles. The molecule has 3 rings (SSSR count). The number of rotatable bonds is 3. The first kappa shape index (κ1) is 13.9. The summed E-state index contributed by atoms with van der Waals surface area (Å²) >= 11 is 0. The predicted molar refractivity (Wildman–Crippen MR) is 78.9 cm³/mol. The van der Waals surface area contributed by atoms with Gasteiger partial charge in [-0.1, -0.05) is 0 Å². The highest BCUT2D eigenvalue weighted by molar-refractivity contribution is 5.93. The molecular weight excluding hydrogens is 268 g/mol. The molecule has 0 unspecified atom stereocenters. The van der Waals surface area contributed by atoms with Crippen LogP contribution in [0.25, 0.3) is 0 Å². The zero-order valence-electron chi connectivity index (χ0n) is 12.0. The Morgan fingerprint density at radius 2 is 2.19 bits per heavy atom. The van der Waals surface area contributed by atoms with Crippen LogP contribution in [0, 0.1) is 0 Å². The summed E-state index contributed by atoms with van der Waals surface area (Å²) in [4.78, 5) is 31.7. The maximum atomic E-state index is 11.9. The van der Waals surface area contributed by atoms with E-state index in [4.69, 9.17) is 5.73 Å². The van der Waals surface area contributed by atoms with Crippen LogP contribution >= 0.6 is 0 Å². The molecule has 6 nitrogen and oxygen atoms in total. The fraction of sp³-hybridized carbons (Fsp3) is 0.533. The molecule has 0 bridgehead atoms. The van der Waals surface area contributed by atoms with Gasteiger partial charge in [0.1, 0.15) is 5.82 Å². The Labute approximate surface area is 123 Å². The van der Waals surface area contributed by atoms with Gasteiger partial charge in [0.05, 0.1) is 0 Å². The van der Waals surface area contributed by atoms with Crippen LogP contribution in [0.15, 0.2) is 18.3 Å². The minimum Gasteiger partial charge on any atom is -0.366 e. The van der Waals surface area contributed by atoms with Crippen molar-refractivity contribution in [3.63, 3.8) is 0 Å². The first-order chi connectivity index (χ1) is 10.1. The maximum Gasteiger partial charge on any atom is 0.248 e. The van der Waals surface area contributed by atoms with Crippen molar-refractivity contribution >= 4 is 17.6 Å². The normalized spacial score (nSPS) is 22.7. The van der Waals surface area contributed by atoms with Gasteiger partial charge in [-0.25, -0.2) is 4.98 Å². The average Bonchev–Trinajstić information content (AvgIpc) is 2.94. The monoisotopic (exact) mass is 288 g/mol. The molecule has 112 valence electrons. The summed E-state index contributed by atoms with van der Waals surface area (Å²) in [6, 6.07) is 3.61. The third-order valence-corrected chi connectivity index (χ3v) is 4.30. The molecular formula is C15H20N4O2. The van der Waals surface area contributed by atoms with Gasteiger partial charge in [-0.2, -0.15) is 0 Å². The van der Waals surface area contributed by atoms with Crippen molar-refractivity contribution in [2.24, 2.45) is 5.73 Å². The third kappa shape index (κ3) is 2.84. The number of pyridine rings is 1. The molecule has 1 aromatic rings. The third-order valence-electron chi connectivity index (χ3n) is 4.30. The Morgan fingerprint density at radius 1 is 1.33 bits per heavy atom. The zero-order valence-corrected chi connectivity index (χ0v) is 12.0. The van der Waals surface area contributed by atoms with E-state index in [0.29, 0.717) is 12.0 Å². The highest BCUT2D eigenvalue weighted by atomic mass is 16.2. The first-order valence-corrected chi connectivity index (χ1v) is 7.45. The van der Waals surface area contributed by atoms with E-state index in [2.05, 4.69) is 9.88 Å². The van der Waals surface area contributed by atoms with Gasteiger partial charge in [-0.3, -0.25) is 9.59 Å². The molecule has 2 N–H and O–H groups in total. The fourth-order valence-corrected chi connectivity index (χ4v) is 3.22. The number of carbonyl (C=O) groups excluding carboxylic acids is 2. The molecule has 2 aliphatic heterocycles. The molecule has 21 heavy (non-hydrogen) atoms. The van der Waals surface area contributed by atoms with Crippen LogP contribution in [-0.4, -0.2) is 47.4 Å². The van der Waals surface area contributed by atoms with E-state index in [0.717, 1.165) is 44.7 Å². The number of nitrogens with two attached hydrogens (primary N) is 1. The quantitative estimate of drug-likeness (QED) is 0.891. The van der Waals surface area contributed by atoms with Gasteiger partial charge in [-0.15, -0.1) is 0 Å². The van der Waals surface area contributed by atoms with E-state index < -0.39 is 5.91 Å². The van der Waals surface area contributed by atoms with Crippen LogP contribution in [0.5, 0.6) is 0 Å². The van der Waals surface area contributed by atoms with Gasteiger partial charge in [-0.05, 0) is 31.4 Å². The van der Waals surface area contributed by atoms with Crippen molar-refractivity contribution in [1.82, 2.24) is 9.88 Å². The van der Waals surface area contributed by atoms with Gasteiger partial charge in [0.25, 0.3) is 0 Å². The zero-order chi connectivity index (χ0) is 14.8. The number of aromatic nitrogens is 1. The van der Waals surface area contributed by atoms with Gasteiger partial charge < -0.3 is 15.5 Å². The Bertz CT molecular complexity index is 560. The van der Waals surface area contributed by atoms with Crippen molar-refractivity contribution in [2.45, 2.75) is 31.7 Å². The van der Waals surface area contributed by atoms with Gasteiger partial charge in [0, 0.05) is 43.9 Å². The summed E-state index contributed by atoms with van der Waals surface area (Å²) in [6.45, 7) is 2.54. The molecule has 2 saturated heterocycles. The lowest BCUT2D eigenvalue weighted by molar-refractivity contribution is -0.129. The highest BCUT2D eigenvalue weighted by Crippen LogP contribution is 2.24. The minimum absolute atomic E-state index is 0.257. The number of nitrogens with zero attached hydrogens (tertiary/aromatic N) is 3. The first-order valence-electron chi connectivity index (χ1n) is 7.45. The van der Waals surface area contributed by atoms with Crippen molar-refractivity contribution < 1.29 is 9.59 Å². The molecule has 2 aliphatic rings. The van der Waals surface area contributed by atoms with E-state index in [1.165, 1.54) is 0 Å². The van der Waals surface area contributed by atoms with E-state index in [1.54, 1.807) is 18.3 Å². The van der Waals surface area contributed by atoms with Crippen LogP contribution in [0.2, 0.25) is 0 Å². The molecule has 3 heterocycles. The van der Waals surface area contributed by atoms with Crippen LogP contribution < -0.4 is 10.6 Å². The second-order valence-corrected chi connectivity index (χ2v) is 5.70. The summed E-state index contributed by atoms with van der Waals surface area (Å²) in [5.41, 5.74) is 5.79. The molecule has 0 aromatic carbocycles. The largest absolute Gasteiger partial charge is 0.366 e. The van der Waals surface area contributed by atoms with Crippen LogP contribution in [0.1, 0.15) is 36.0 Å². The molecule has 2 amide bonds. The molecule has 0 spiro atoms. The summed E-state index contributed by atoms with van der Waals surface area (Å²) in [5.74, 6) is 0.588. The van der Waals surface area contributed by atoms with Gasteiger partial charge in [0.2, 0.25) is 11.8 Å². The predicted octanol–water partition coefficient (Wildman–Crippen LogP) is 0.772. The Balaban J connectivity index is 1.75. The topological polar surface area (TPSA) is 79.5 Å². The second-order valence-electron chi connectivity index (χ2n) is 5.70. The van der Waals surface area contributed by atoms with Gasteiger partial charge >= 0.3 is 0 Å². The molecule has 1 atom stereocenters. The fourth-order valence-electron chi connectivity index (χ4n) is 3.22. The van der Waals surface area contributed by atoms with Crippen LogP contribution in [-0.2, 0) is 4.79 Å². The molecule has 0 radical (unpaired) electrons. The van der Waals surface area contributed by atoms with E-state index in [1.807, 2.05) is 4.90 Å². The maximum absolute atomic E-state index is 11.9. The number of amides is 2. The lowest BCUT2D eigenvalue weighted by atomic mass is 10.0. The smallest absolute Gasteiger partial charge is 0.248 e. The Morgan fingerprint density at radius 3 is 2.90 bits per heavy atom. The minimum atomic E-state index is -0.443. The highest BCUT2D eigenvalue weighted by Gasteiger charge is 2.31. The number of anilines is 1. The molecule has 0 saturated carbocycles.